The Bertz CT molecular complexity index is 943. The van der Waals surface area contributed by atoms with Crippen molar-refractivity contribution in [2.75, 3.05) is 13.2 Å². The van der Waals surface area contributed by atoms with Gasteiger partial charge < -0.3 is 23.7 Å². The first kappa shape index (κ1) is 21.3. The molecule has 0 bridgehead atoms. The summed E-state index contributed by atoms with van der Waals surface area (Å²) in [7, 11) is 0. The van der Waals surface area contributed by atoms with Crippen LogP contribution in [0.1, 0.15) is 18.1 Å². The van der Waals surface area contributed by atoms with Gasteiger partial charge in [-0.15, -0.1) is 0 Å². The molecule has 2 aliphatic heterocycles. The van der Waals surface area contributed by atoms with Crippen LogP contribution >= 0.6 is 0 Å². The summed E-state index contributed by atoms with van der Waals surface area (Å²) in [6.45, 7) is 3.23. The fourth-order valence-corrected chi connectivity index (χ4v) is 4.97. The molecule has 0 radical (unpaired) electrons. The van der Waals surface area contributed by atoms with E-state index >= 15 is 0 Å². The molecule has 0 spiro atoms. The van der Waals surface area contributed by atoms with Crippen molar-refractivity contribution in [2.24, 2.45) is 11.8 Å². The zero-order chi connectivity index (χ0) is 21.9. The van der Waals surface area contributed by atoms with Gasteiger partial charge in [-0.1, -0.05) is 60.7 Å². The van der Waals surface area contributed by atoms with Crippen molar-refractivity contribution in [1.82, 2.24) is 0 Å². The van der Waals surface area contributed by atoms with Crippen molar-refractivity contribution in [3.05, 3.63) is 83.4 Å². The number of carbonyl (C=O) groups is 1. The summed E-state index contributed by atoms with van der Waals surface area (Å²) in [6, 6.07) is 20.1. The van der Waals surface area contributed by atoms with Crippen LogP contribution in [0.2, 0.25) is 0 Å². The molecule has 1 aliphatic carbocycles. The molecule has 2 fully saturated rings. The van der Waals surface area contributed by atoms with Gasteiger partial charge in [-0.25, -0.2) is 0 Å². The standard InChI is InChI=1S/C26H28O6/c1-17(27)31-21-12-20-15-30-26-23(20)24(21)25(29-14-19-10-6-3-7-11-19)22(32-26)16-28-13-18-8-4-2-5-9-18/h2-12,21-26H,13-16H2,1H3/t21-,22+,23+,24-,25+,26-/m0/s1. The topological polar surface area (TPSA) is 63.2 Å². The van der Waals surface area contributed by atoms with Gasteiger partial charge in [-0.3, -0.25) is 4.79 Å². The quantitative estimate of drug-likeness (QED) is 0.465. The molecule has 5 rings (SSSR count). The molecule has 168 valence electrons. The molecule has 0 unspecified atom stereocenters. The second kappa shape index (κ2) is 9.55. The molecule has 32 heavy (non-hydrogen) atoms. The molecule has 0 N–H and O–H groups in total. The van der Waals surface area contributed by atoms with Crippen molar-refractivity contribution < 1.29 is 28.5 Å². The Balaban J connectivity index is 1.34. The van der Waals surface area contributed by atoms with Gasteiger partial charge in [0, 0.05) is 18.8 Å². The number of hydrogen-bond acceptors (Lipinski definition) is 6. The Morgan fingerprint density at radius 2 is 1.69 bits per heavy atom. The number of ether oxygens (including phenoxy) is 5. The second-order valence-electron chi connectivity index (χ2n) is 8.53. The number of carbonyl (C=O) groups excluding carboxylic acids is 1. The van der Waals surface area contributed by atoms with Crippen molar-refractivity contribution >= 4 is 5.97 Å². The average Bonchev–Trinajstić information content (AvgIpc) is 3.36. The number of benzene rings is 2. The van der Waals surface area contributed by atoms with Crippen LogP contribution in [0.15, 0.2) is 72.3 Å². The van der Waals surface area contributed by atoms with Crippen LogP contribution in [0.5, 0.6) is 0 Å². The maximum Gasteiger partial charge on any atom is 0.303 e. The zero-order valence-electron chi connectivity index (χ0n) is 18.1. The summed E-state index contributed by atoms with van der Waals surface area (Å²) in [6.07, 6.45) is 0.671. The normalized spacial score (nSPS) is 30.6. The van der Waals surface area contributed by atoms with Crippen LogP contribution in [-0.2, 0) is 41.7 Å². The highest BCUT2D eigenvalue weighted by Gasteiger charge is 2.57. The lowest BCUT2D eigenvalue weighted by atomic mass is 9.81. The van der Waals surface area contributed by atoms with Crippen LogP contribution in [0, 0.1) is 11.8 Å². The zero-order valence-corrected chi connectivity index (χ0v) is 18.1. The van der Waals surface area contributed by atoms with Crippen molar-refractivity contribution in [1.29, 1.82) is 0 Å². The van der Waals surface area contributed by atoms with E-state index in [0.29, 0.717) is 26.4 Å². The van der Waals surface area contributed by atoms with E-state index in [0.717, 1.165) is 16.7 Å². The van der Waals surface area contributed by atoms with Gasteiger partial charge in [-0.2, -0.15) is 0 Å². The number of hydrogen-bond donors (Lipinski definition) is 0. The second-order valence-corrected chi connectivity index (χ2v) is 8.53. The monoisotopic (exact) mass is 436 g/mol. The molecule has 2 aromatic carbocycles. The van der Waals surface area contributed by atoms with E-state index in [4.69, 9.17) is 23.7 Å². The highest BCUT2D eigenvalue weighted by molar-refractivity contribution is 5.66. The van der Waals surface area contributed by atoms with Gasteiger partial charge in [0.05, 0.1) is 32.5 Å². The lowest BCUT2D eigenvalue weighted by molar-refractivity contribution is -0.266. The maximum absolute atomic E-state index is 11.8. The van der Waals surface area contributed by atoms with E-state index < -0.39 is 0 Å². The predicted molar refractivity (Wildman–Crippen MR) is 116 cm³/mol. The van der Waals surface area contributed by atoms with Crippen molar-refractivity contribution in [3.63, 3.8) is 0 Å². The first-order chi connectivity index (χ1) is 15.7. The van der Waals surface area contributed by atoms with Gasteiger partial charge in [-0.05, 0) is 22.8 Å². The van der Waals surface area contributed by atoms with E-state index in [1.54, 1.807) is 0 Å². The van der Waals surface area contributed by atoms with Crippen LogP contribution in [-0.4, -0.2) is 43.8 Å². The lowest BCUT2D eigenvalue weighted by Crippen LogP contribution is -2.55. The van der Waals surface area contributed by atoms with Gasteiger partial charge in [0.15, 0.2) is 6.29 Å². The summed E-state index contributed by atoms with van der Waals surface area (Å²) >= 11 is 0. The molecule has 3 aliphatic rings. The van der Waals surface area contributed by atoms with E-state index in [9.17, 15) is 4.79 Å². The molecule has 6 heteroatoms. The van der Waals surface area contributed by atoms with E-state index in [2.05, 4.69) is 0 Å². The van der Waals surface area contributed by atoms with Crippen LogP contribution in [0.25, 0.3) is 0 Å². The third kappa shape index (κ3) is 4.50. The number of rotatable bonds is 8. The summed E-state index contributed by atoms with van der Waals surface area (Å²) < 4.78 is 30.4. The minimum absolute atomic E-state index is 0.0329. The maximum atomic E-state index is 11.8. The Kier molecular flexibility index (Phi) is 6.37. The van der Waals surface area contributed by atoms with Gasteiger partial charge >= 0.3 is 5.97 Å². The average molecular weight is 437 g/mol. The summed E-state index contributed by atoms with van der Waals surface area (Å²) in [4.78, 5) is 11.8. The molecule has 2 saturated heterocycles. The first-order valence-corrected chi connectivity index (χ1v) is 11.1. The summed E-state index contributed by atoms with van der Waals surface area (Å²) in [5.74, 6) is -0.329. The molecular formula is C26H28O6. The molecule has 6 atom stereocenters. The molecule has 2 aromatic rings. The van der Waals surface area contributed by atoms with E-state index in [-0.39, 0.29) is 42.4 Å². The fourth-order valence-electron chi connectivity index (χ4n) is 4.97. The Labute approximate surface area is 188 Å². The van der Waals surface area contributed by atoms with E-state index in [1.807, 2.05) is 66.7 Å². The highest BCUT2D eigenvalue weighted by atomic mass is 16.7. The summed E-state index contributed by atoms with van der Waals surface area (Å²) in [5, 5.41) is 0. The van der Waals surface area contributed by atoms with Crippen LogP contribution in [0.4, 0.5) is 0 Å². The molecule has 6 nitrogen and oxygen atoms in total. The van der Waals surface area contributed by atoms with Crippen molar-refractivity contribution in [3.8, 4) is 0 Å². The van der Waals surface area contributed by atoms with Gasteiger partial charge in [0.2, 0.25) is 0 Å². The third-order valence-electron chi connectivity index (χ3n) is 6.34. The van der Waals surface area contributed by atoms with Gasteiger partial charge in [0.25, 0.3) is 0 Å². The Morgan fingerprint density at radius 3 is 2.38 bits per heavy atom. The molecular weight excluding hydrogens is 408 g/mol. The largest absolute Gasteiger partial charge is 0.458 e. The SMILES string of the molecule is CC(=O)O[C@H]1C=C2CO[C@H]3O[C@H](COCc4ccccc4)[C@@H](OCc4ccccc4)[C@@H]1[C@@H]23. The van der Waals surface area contributed by atoms with Gasteiger partial charge in [0.1, 0.15) is 12.2 Å². The minimum Gasteiger partial charge on any atom is -0.458 e. The van der Waals surface area contributed by atoms with Crippen LogP contribution in [0.3, 0.4) is 0 Å². The molecule has 2 heterocycles. The van der Waals surface area contributed by atoms with Crippen molar-refractivity contribution in [2.45, 2.75) is 44.7 Å². The number of esters is 1. The highest BCUT2D eigenvalue weighted by Crippen LogP contribution is 2.49. The Hall–Kier alpha value is -2.51. The molecule has 0 aromatic heterocycles. The third-order valence-corrected chi connectivity index (χ3v) is 6.34. The molecule has 0 amide bonds. The Morgan fingerprint density at radius 1 is 1.00 bits per heavy atom. The fraction of sp³-hybridized carbons (Fsp3) is 0.423. The lowest BCUT2D eigenvalue weighted by Gasteiger charge is -2.43. The summed E-state index contributed by atoms with van der Waals surface area (Å²) in [5.41, 5.74) is 3.31. The first-order valence-electron chi connectivity index (χ1n) is 11.1. The molecule has 0 saturated carbocycles. The predicted octanol–water partition coefficient (Wildman–Crippen LogP) is 3.65. The smallest absolute Gasteiger partial charge is 0.303 e. The minimum atomic E-state index is -0.367. The van der Waals surface area contributed by atoms with Crippen LogP contribution < -0.4 is 0 Å². The van der Waals surface area contributed by atoms with E-state index in [1.165, 1.54) is 6.92 Å².